The fourth-order valence-electron chi connectivity index (χ4n) is 4.95. The summed E-state index contributed by atoms with van der Waals surface area (Å²) in [7, 11) is -3.25. The SMILES string of the molecule is CCCCCCCCCCCCCCCCCC(F)CCCCCCCS(=O)(=O)c1ccc(NN)cc1. The van der Waals surface area contributed by atoms with Crippen LogP contribution in [0.3, 0.4) is 0 Å². The van der Waals surface area contributed by atoms with Gasteiger partial charge in [-0.05, 0) is 43.5 Å². The van der Waals surface area contributed by atoms with Gasteiger partial charge in [0.15, 0.2) is 9.84 Å². The molecular weight excluding hydrogens is 483 g/mol. The molecule has 0 bridgehead atoms. The highest BCUT2D eigenvalue weighted by molar-refractivity contribution is 7.91. The Morgan fingerprint density at radius 2 is 1.03 bits per heavy atom. The number of nitrogens with one attached hydrogen (secondary N) is 1. The zero-order chi connectivity index (χ0) is 27.0. The summed E-state index contributed by atoms with van der Waals surface area (Å²) < 4.78 is 38.9. The third-order valence-electron chi connectivity index (χ3n) is 7.43. The fraction of sp³-hybridized carbons (Fsp3) is 0.806. The van der Waals surface area contributed by atoms with Crippen molar-refractivity contribution in [1.82, 2.24) is 0 Å². The molecule has 0 saturated carbocycles. The minimum Gasteiger partial charge on any atom is -0.324 e. The van der Waals surface area contributed by atoms with Crippen LogP contribution < -0.4 is 11.3 Å². The first kappa shape index (κ1) is 33.9. The van der Waals surface area contributed by atoms with Crippen molar-refractivity contribution in [2.45, 2.75) is 159 Å². The number of benzene rings is 1. The average Bonchev–Trinajstić information content (AvgIpc) is 2.90. The lowest BCUT2D eigenvalue weighted by Gasteiger charge is -2.09. The third kappa shape index (κ3) is 18.7. The maximum atomic E-state index is 14.1. The van der Waals surface area contributed by atoms with Gasteiger partial charge in [-0.25, -0.2) is 12.8 Å². The number of halogens is 1. The quantitative estimate of drug-likeness (QED) is 0.0697. The van der Waals surface area contributed by atoms with E-state index in [2.05, 4.69) is 12.3 Å². The molecule has 1 unspecified atom stereocenters. The number of hydrogen-bond acceptors (Lipinski definition) is 4. The zero-order valence-electron chi connectivity index (χ0n) is 23.8. The van der Waals surface area contributed by atoms with E-state index < -0.39 is 16.0 Å². The van der Waals surface area contributed by atoms with Crippen LogP contribution in [0.5, 0.6) is 0 Å². The first-order chi connectivity index (χ1) is 18.0. The van der Waals surface area contributed by atoms with E-state index in [0.717, 1.165) is 38.5 Å². The van der Waals surface area contributed by atoms with Crippen LogP contribution in [0.15, 0.2) is 29.2 Å². The van der Waals surface area contributed by atoms with Crippen molar-refractivity contribution < 1.29 is 12.8 Å². The molecule has 0 aliphatic carbocycles. The molecule has 0 spiro atoms. The molecule has 1 aromatic rings. The minimum absolute atomic E-state index is 0.160. The Bertz CT molecular complexity index is 740. The molecule has 0 aliphatic heterocycles. The summed E-state index contributed by atoms with van der Waals surface area (Å²) in [5.74, 6) is 5.48. The number of alkyl halides is 1. The van der Waals surface area contributed by atoms with Gasteiger partial charge in [0.25, 0.3) is 0 Å². The molecule has 0 aromatic heterocycles. The monoisotopic (exact) mass is 540 g/mol. The molecule has 0 fully saturated rings. The number of hydrogen-bond donors (Lipinski definition) is 2. The van der Waals surface area contributed by atoms with Crippen LogP contribution in [-0.4, -0.2) is 20.3 Å². The normalized spacial score (nSPS) is 12.6. The summed E-state index contributed by atoms with van der Waals surface area (Å²) >= 11 is 0. The number of nitrogen functional groups attached to an aromatic ring is 1. The van der Waals surface area contributed by atoms with Crippen molar-refractivity contribution in [2.75, 3.05) is 11.2 Å². The van der Waals surface area contributed by atoms with Gasteiger partial charge < -0.3 is 5.43 Å². The van der Waals surface area contributed by atoms with E-state index in [0.29, 0.717) is 29.8 Å². The second kappa shape index (κ2) is 22.8. The van der Waals surface area contributed by atoms with Crippen molar-refractivity contribution in [1.29, 1.82) is 0 Å². The van der Waals surface area contributed by atoms with Gasteiger partial charge in [-0.3, -0.25) is 5.84 Å². The second-order valence-corrected chi connectivity index (χ2v) is 13.0. The van der Waals surface area contributed by atoms with Gasteiger partial charge in [-0.15, -0.1) is 0 Å². The first-order valence-electron chi connectivity index (χ1n) is 15.4. The Hall–Kier alpha value is -1.14. The maximum absolute atomic E-state index is 14.1. The number of hydrazine groups is 1. The van der Waals surface area contributed by atoms with E-state index in [1.165, 1.54) is 83.5 Å². The molecule has 0 amide bonds. The largest absolute Gasteiger partial charge is 0.324 e. The third-order valence-corrected chi connectivity index (χ3v) is 9.25. The molecule has 1 atom stereocenters. The lowest BCUT2D eigenvalue weighted by atomic mass is 10.0. The highest BCUT2D eigenvalue weighted by Crippen LogP contribution is 2.19. The molecule has 0 saturated heterocycles. The molecule has 3 N–H and O–H groups in total. The van der Waals surface area contributed by atoms with E-state index in [1.54, 1.807) is 24.3 Å². The molecule has 1 rings (SSSR count). The van der Waals surface area contributed by atoms with E-state index in [4.69, 9.17) is 5.84 Å². The summed E-state index contributed by atoms with van der Waals surface area (Å²) in [6.45, 7) is 2.27. The van der Waals surface area contributed by atoms with Crippen molar-refractivity contribution in [3.05, 3.63) is 24.3 Å². The van der Waals surface area contributed by atoms with Crippen LogP contribution in [0.1, 0.15) is 148 Å². The fourth-order valence-corrected chi connectivity index (χ4v) is 6.32. The van der Waals surface area contributed by atoms with E-state index in [1.807, 2.05) is 0 Å². The number of sulfone groups is 1. The Morgan fingerprint density at radius 1 is 0.649 bits per heavy atom. The van der Waals surface area contributed by atoms with E-state index in [-0.39, 0.29) is 5.75 Å². The summed E-state index contributed by atoms with van der Waals surface area (Å²) in [6.07, 6.45) is 25.1. The van der Waals surface area contributed by atoms with E-state index in [9.17, 15) is 12.8 Å². The van der Waals surface area contributed by atoms with Crippen LogP contribution in [0.2, 0.25) is 0 Å². The Morgan fingerprint density at radius 3 is 1.43 bits per heavy atom. The van der Waals surface area contributed by atoms with Crippen LogP contribution in [0.4, 0.5) is 10.1 Å². The van der Waals surface area contributed by atoms with Crippen molar-refractivity contribution in [3.8, 4) is 0 Å². The Kier molecular flexibility index (Phi) is 20.9. The Labute approximate surface area is 228 Å². The maximum Gasteiger partial charge on any atom is 0.178 e. The van der Waals surface area contributed by atoms with E-state index >= 15 is 0 Å². The smallest absolute Gasteiger partial charge is 0.178 e. The molecule has 216 valence electrons. The lowest BCUT2D eigenvalue weighted by Crippen LogP contribution is -2.09. The number of nitrogens with two attached hydrogens (primary N) is 1. The van der Waals surface area contributed by atoms with Crippen LogP contribution >= 0.6 is 0 Å². The first-order valence-corrected chi connectivity index (χ1v) is 17.1. The lowest BCUT2D eigenvalue weighted by molar-refractivity contribution is 0.279. The zero-order valence-corrected chi connectivity index (χ0v) is 24.6. The standard InChI is InChI=1S/C31H57FN2O2S/c1-2-3-4-5-6-7-8-9-10-11-12-13-14-16-19-22-29(32)23-20-17-15-18-21-28-37(35,36)31-26-24-30(34-33)25-27-31/h24-27,29,34H,2-23,28,33H2,1H3. The molecular formula is C31H57FN2O2S. The molecule has 6 heteroatoms. The molecule has 0 aliphatic rings. The Balaban J connectivity index is 1.86. The van der Waals surface area contributed by atoms with Gasteiger partial charge in [0.05, 0.1) is 10.6 Å². The predicted octanol–water partition coefficient (Wildman–Crippen LogP) is 9.69. The van der Waals surface area contributed by atoms with Gasteiger partial charge in [-0.1, -0.05) is 129 Å². The number of rotatable bonds is 26. The summed E-state index contributed by atoms with van der Waals surface area (Å²) in [6, 6.07) is 6.51. The summed E-state index contributed by atoms with van der Waals surface area (Å²) in [5.41, 5.74) is 3.18. The van der Waals surface area contributed by atoms with Crippen LogP contribution in [0.25, 0.3) is 0 Å². The highest BCUT2D eigenvalue weighted by atomic mass is 32.2. The summed E-state index contributed by atoms with van der Waals surface area (Å²) in [4.78, 5) is 0.338. The highest BCUT2D eigenvalue weighted by Gasteiger charge is 2.13. The average molecular weight is 541 g/mol. The van der Waals surface area contributed by atoms with Crippen LogP contribution in [-0.2, 0) is 9.84 Å². The minimum atomic E-state index is -3.25. The van der Waals surface area contributed by atoms with Crippen molar-refractivity contribution in [2.24, 2.45) is 5.84 Å². The van der Waals surface area contributed by atoms with Gasteiger partial charge in [-0.2, -0.15) is 0 Å². The number of anilines is 1. The van der Waals surface area contributed by atoms with Gasteiger partial charge in [0, 0.05) is 5.69 Å². The van der Waals surface area contributed by atoms with Crippen LogP contribution in [0, 0.1) is 0 Å². The second-order valence-electron chi connectivity index (χ2n) is 10.9. The molecule has 37 heavy (non-hydrogen) atoms. The van der Waals surface area contributed by atoms with Crippen molar-refractivity contribution in [3.63, 3.8) is 0 Å². The van der Waals surface area contributed by atoms with Crippen molar-refractivity contribution >= 4 is 15.5 Å². The topological polar surface area (TPSA) is 72.2 Å². The van der Waals surface area contributed by atoms with Gasteiger partial charge in [0.1, 0.15) is 6.17 Å². The molecule has 0 radical (unpaired) electrons. The summed E-state index contributed by atoms with van der Waals surface area (Å²) in [5, 5.41) is 0. The van der Waals surface area contributed by atoms with Gasteiger partial charge in [0.2, 0.25) is 0 Å². The predicted molar refractivity (Wildman–Crippen MR) is 158 cm³/mol. The van der Waals surface area contributed by atoms with Gasteiger partial charge >= 0.3 is 0 Å². The molecule has 1 aromatic carbocycles. The number of unbranched alkanes of at least 4 members (excludes halogenated alkanes) is 18. The molecule has 4 nitrogen and oxygen atoms in total. The molecule has 0 heterocycles.